The molecule has 0 atom stereocenters. The Balaban J connectivity index is 2.02. The van der Waals surface area contributed by atoms with Crippen molar-refractivity contribution in [3.8, 4) is 0 Å². The van der Waals surface area contributed by atoms with Crippen LogP contribution < -0.4 is 0 Å². The zero-order chi connectivity index (χ0) is 12.3. The van der Waals surface area contributed by atoms with Gasteiger partial charge in [0, 0.05) is 38.3 Å². The topological polar surface area (TPSA) is 39.2 Å². The summed E-state index contributed by atoms with van der Waals surface area (Å²) in [5.41, 5.74) is 3.11. The molecule has 0 amide bonds. The number of fused-ring (bicyclic) bond motifs is 1. The molecule has 3 nitrogen and oxygen atoms in total. The van der Waals surface area contributed by atoms with Crippen molar-refractivity contribution in [2.45, 2.75) is 19.3 Å². The third kappa shape index (κ3) is 3.01. The molecule has 1 aliphatic rings. The molecule has 0 unspecified atom stereocenters. The molecule has 0 N–H and O–H groups in total. The standard InChI is InChI=1S/C13H14BrNO2/c1-17-4-2-3-12(16)10-5-9-7-13(14)15-8-11(9)6-10/h5,7-8H,2-4,6H2,1H3. The molecule has 90 valence electrons. The third-order valence-corrected chi connectivity index (χ3v) is 3.24. The number of hydrogen-bond donors (Lipinski definition) is 0. The fraction of sp³-hybridized carbons (Fsp3) is 0.385. The van der Waals surface area contributed by atoms with Gasteiger partial charge in [-0.05, 0) is 45.6 Å². The van der Waals surface area contributed by atoms with Gasteiger partial charge in [-0.3, -0.25) is 4.79 Å². The maximum absolute atomic E-state index is 11.9. The Morgan fingerprint density at radius 2 is 2.41 bits per heavy atom. The normalized spacial score (nSPS) is 13.4. The molecule has 2 rings (SSSR count). The quantitative estimate of drug-likeness (QED) is 0.619. The monoisotopic (exact) mass is 295 g/mol. The summed E-state index contributed by atoms with van der Waals surface area (Å²) in [5.74, 6) is 0.217. The minimum atomic E-state index is 0.217. The van der Waals surface area contributed by atoms with Crippen molar-refractivity contribution in [1.29, 1.82) is 0 Å². The second-order valence-electron chi connectivity index (χ2n) is 4.07. The van der Waals surface area contributed by atoms with Gasteiger partial charge >= 0.3 is 0 Å². The van der Waals surface area contributed by atoms with Crippen LogP contribution in [0.15, 0.2) is 22.4 Å². The molecule has 0 bridgehead atoms. The van der Waals surface area contributed by atoms with Crippen molar-refractivity contribution in [1.82, 2.24) is 4.98 Å². The van der Waals surface area contributed by atoms with E-state index in [1.165, 1.54) is 0 Å². The Hall–Kier alpha value is -1.00. The average molecular weight is 296 g/mol. The van der Waals surface area contributed by atoms with Crippen molar-refractivity contribution in [3.05, 3.63) is 33.6 Å². The van der Waals surface area contributed by atoms with E-state index in [-0.39, 0.29) is 5.78 Å². The Labute approximate surface area is 109 Å². The molecule has 17 heavy (non-hydrogen) atoms. The molecule has 0 spiro atoms. The molecule has 0 radical (unpaired) electrons. The highest BCUT2D eigenvalue weighted by Crippen LogP contribution is 2.27. The highest BCUT2D eigenvalue weighted by atomic mass is 79.9. The van der Waals surface area contributed by atoms with E-state index in [9.17, 15) is 4.79 Å². The summed E-state index contributed by atoms with van der Waals surface area (Å²) in [4.78, 5) is 16.1. The van der Waals surface area contributed by atoms with Gasteiger partial charge in [0.15, 0.2) is 5.78 Å². The summed E-state index contributed by atoms with van der Waals surface area (Å²) >= 11 is 3.33. The molecule has 0 aromatic carbocycles. The summed E-state index contributed by atoms with van der Waals surface area (Å²) < 4.78 is 5.75. The van der Waals surface area contributed by atoms with Crippen molar-refractivity contribution in [3.63, 3.8) is 0 Å². The van der Waals surface area contributed by atoms with Gasteiger partial charge < -0.3 is 4.74 Å². The lowest BCUT2D eigenvalue weighted by molar-refractivity contribution is -0.115. The van der Waals surface area contributed by atoms with Gasteiger partial charge in [-0.15, -0.1) is 0 Å². The van der Waals surface area contributed by atoms with Crippen LogP contribution in [-0.4, -0.2) is 24.5 Å². The van der Waals surface area contributed by atoms with Crippen molar-refractivity contribution < 1.29 is 9.53 Å². The first-order chi connectivity index (χ1) is 8.20. The lowest BCUT2D eigenvalue weighted by atomic mass is 10.1. The Morgan fingerprint density at radius 3 is 3.18 bits per heavy atom. The van der Waals surface area contributed by atoms with Gasteiger partial charge in [0.1, 0.15) is 4.60 Å². The minimum Gasteiger partial charge on any atom is -0.385 e. The molecular formula is C13H14BrNO2. The van der Waals surface area contributed by atoms with Gasteiger partial charge in [0.2, 0.25) is 0 Å². The number of allylic oxidation sites excluding steroid dienone is 1. The van der Waals surface area contributed by atoms with Crippen molar-refractivity contribution in [2.75, 3.05) is 13.7 Å². The Morgan fingerprint density at radius 1 is 1.59 bits per heavy atom. The van der Waals surface area contributed by atoms with Gasteiger partial charge in [-0.25, -0.2) is 4.98 Å². The fourth-order valence-electron chi connectivity index (χ4n) is 1.92. The van der Waals surface area contributed by atoms with E-state index < -0.39 is 0 Å². The number of methoxy groups -OCH3 is 1. The number of halogens is 1. The van der Waals surface area contributed by atoms with E-state index in [1.807, 2.05) is 18.3 Å². The second kappa shape index (κ2) is 5.56. The molecule has 1 aliphatic carbocycles. The Kier molecular flexibility index (Phi) is 4.07. The van der Waals surface area contributed by atoms with Crippen LogP contribution in [-0.2, 0) is 16.0 Å². The zero-order valence-corrected chi connectivity index (χ0v) is 11.3. The van der Waals surface area contributed by atoms with Gasteiger partial charge in [-0.1, -0.05) is 0 Å². The van der Waals surface area contributed by atoms with Gasteiger partial charge in [0.25, 0.3) is 0 Å². The molecule has 0 aliphatic heterocycles. The molecule has 0 fully saturated rings. The lowest BCUT2D eigenvalue weighted by Crippen LogP contribution is -2.04. The minimum absolute atomic E-state index is 0.217. The number of nitrogens with zero attached hydrogens (tertiary/aromatic N) is 1. The molecule has 1 aromatic heterocycles. The number of carbonyl (C=O) groups excluding carboxylic acids is 1. The van der Waals surface area contributed by atoms with Crippen LogP contribution in [0, 0.1) is 0 Å². The zero-order valence-electron chi connectivity index (χ0n) is 9.70. The van der Waals surface area contributed by atoms with Gasteiger partial charge in [-0.2, -0.15) is 0 Å². The van der Waals surface area contributed by atoms with Crippen LogP contribution in [0.2, 0.25) is 0 Å². The first-order valence-electron chi connectivity index (χ1n) is 5.58. The summed E-state index contributed by atoms with van der Waals surface area (Å²) in [6.45, 7) is 0.638. The predicted molar refractivity (Wildman–Crippen MR) is 69.7 cm³/mol. The van der Waals surface area contributed by atoms with Crippen LogP contribution in [0.5, 0.6) is 0 Å². The van der Waals surface area contributed by atoms with Crippen LogP contribution in [0.4, 0.5) is 0 Å². The number of carbonyl (C=O) groups is 1. The third-order valence-electron chi connectivity index (χ3n) is 2.81. The number of rotatable bonds is 5. The molecule has 1 aromatic rings. The highest BCUT2D eigenvalue weighted by Gasteiger charge is 2.18. The number of ether oxygens (including phenoxy) is 1. The molecule has 1 heterocycles. The van der Waals surface area contributed by atoms with E-state index in [4.69, 9.17) is 4.74 Å². The molecule has 0 saturated carbocycles. The largest absolute Gasteiger partial charge is 0.385 e. The second-order valence-corrected chi connectivity index (χ2v) is 4.88. The smallest absolute Gasteiger partial charge is 0.159 e. The number of aromatic nitrogens is 1. The molecule has 0 saturated heterocycles. The van der Waals surface area contributed by atoms with Crippen molar-refractivity contribution >= 4 is 27.8 Å². The summed E-state index contributed by atoms with van der Waals surface area (Å²) in [6.07, 6.45) is 5.84. The number of Topliss-reactive ketones (excluding diaryl/α,β-unsaturated/α-hetero) is 1. The maximum Gasteiger partial charge on any atom is 0.159 e. The molecular weight excluding hydrogens is 282 g/mol. The fourth-order valence-corrected chi connectivity index (χ4v) is 2.26. The van der Waals surface area contributed by atoms with Crippen LogP contribution in [0.1, 0.15) is 24.0 Å². The predicted octanol–water partition coefficient (Wildman–Crippen LogP) is 2.78. The SMILES string of the molecule is COCCCC(=O)C1=Cc2cc(Br)ncc2C1. The van der Waals surface area contributed by atoms with E-state index in [1.54, 1.807) is 7.11 Å². The first-order valence-corrected chi connectivity index (χ1v) is 6.37. The van der Waals surface area contributed by atoms with E-state index in [2.05, 4.69) is 20.9 Å². The van der Waals surface area contributed by atoms with E-state index >= 15 is 0 Å². The first kappa shape index (κ1) is 12.5. The molecule has 4 heteroatoms. The summed E-state index contributed by atoms with van der Waals surface area (Å²) in [7, 11) is 1.65. The average Bonchev–Trinajstić information content (AvgIpc) is 2.72. The maximum atomic E-state index is 11.9. The summed E-state index contributed by atoms with van der Waals surface area (Å²) in [6, 6.07) is 1.95. The van der Waals surface area contributed by atoms with E-state index in [0.717, 1.165) is 27.7 Å². The number of pyridine rings is 1. The van der Waals surface area contributed by atoms with Crippen molar-refractivity contribution in [2.24, 2.45) is 0 Å². The lowest BCUT2D eigenvalue weighted by Gasteiger charge is -2.01. The highest BCUT2D eigenvalue weighted by molar-refractivity contribution is 9.10. The number of hydrogen-bond acceptors (Lipinski definition) is 3. The van der Waals surface area contributed by atoms with E-state index in [0.29, 0.717) is 19.4 Å². The number of ketones is 1. The van der Waals surface area contributed by atoms with Gasteiger partial charge in [0.05, 0.1) is 0 Å². The van der Waals surface area contributed by atoms with Crippen LogP contribution in [0.25, 0.3) is 6.08 Å². The van der Waals surface area contributed by atoms with Crippen LogP contribution >= 0.6 is 15.9 Å². The Bertz CT molecular complexity index is 468. The van der Waals surface area contributed by atoms with Crippen LogP contribution in [0.3, 0.4) is 0 Å². The summed E-state index contributed by atoms with van der Waals surface area (Å²) in [5, 5.41) is 0.